The van der Waals surface area contributed by atoms with Gasteiger partial charge in [0.1, 0.15) is 11.5 Å². The van der Waals surface area contributed by atoms with E-state index in [0.717, 1.165) is 5.76 Å². The fourth-order valence-electron chi connectivity index (χ4n) is 1.36. The molecule has 1 heterocycles. The molecule has 14 heavy (non-hydrogen) atoms. The Bertz CT molecular complexity index is 372. The van der Waals surface area contributed by atoms with Crippen LogP contribution in [0.25, 0.3) is 5.57 Å². The molecule has 0 aromatic carbocycles. The molecule has 0 aliphatic rings. The number of carboxylic acids is 1. The molecular weight excluding hydrogens is 180 g/mol. The van der Waals surface area contributed by atoms with Crippen molar-refractivity contribution in [3.05, 3.63) is 29.2 Å². The second kappa shape index (κ2) is 4.13. The molecule has 1 aromatic rings. The van der Waals surface area contributed by atoms with E-state index in [0.29, 0.717) is 23.3 Å². The van der Waals surface area contributed by atoms with E-state index in [1.54, 1.807) is 13.0 Å². The minimum absolute atomic E-state index is 0.402. The summed E-state index contributed by atoms with van der Waals surface area (Å²) in [6.45, 7) is 5.43. The van der Waals surface area contributed by atoms with Gasteiger partial charge in [-0.15, -0.1) is 0 Å². The van der Waals surface area contributed by atoms with Gasteiger partial charge in [-0.1, -0.05) is 6.92 Å². The summed E-state index contributed by atoms with van der Waals surface area (Å²) in [6, 6.07) is 3.62. The number of hydrogen-bond donors (Lipinski definition) is 1. The summed E-state index contributed by atoms with van der Waals surface area (Å²) < 4.78 is 5.36. The van der Waals surface area contributed by atoms with E-state index in [-0.39, 0.29) is 0 Å². The maximum atomic E-state index is 10.9. The van der Waals surface area contributed by atoms with Gasteiger partial charge in [0.2, 0.25) is 0 Å². The topological polar surface area (TPSA) is 50.4 Å². The van der Waals surface area contributed by atoms with Crippen molar-refractivity contribution < 1.29 is 14.3 Å². The van der Waals surface area contributed by atoms with Gasteiger partial charge in [0, 0.05) is 11.1 Å². The third kappa shape index (κ3) is 2.05. The zero-order valence-corrected chi connectivity index (χ0v) is 8.63. The van der Waals surface area contributed by atoms with Crippen molar-refractivity contribution in [2.45, 2.75) is 27.2 Å². The monoisotopic (exact) mass is 194 g/mol. The number of furan rings is 1. The summed E-state index contributed by atoms with van der Waals surface area (Å²) in [5.74, 6) is 0.556. The van der Waals surface area contributed by atoms with Gasteiger partial charge in [0.25, 0.3) is 0 Å². The van der Waals surface area contributed by atoms with E-state index in [4.69, 9.17) is 9.52 Å². The van der Waals surface area contributed by atoms with Gasteiger partial charge in [-0.3, -0.25) is 0 Å². The molecule has 3 nitrogen and oxygen atoms in total. The maximum absolute atomic E-state index is 10.9. The highest BCUT2D eigenvalue weighted by atomic mass is 16.4. The van der Waals surface area contributed by atoms with Gasteiger partial charge in [-0.2, -0.15) is 0 Å². The van der Waals surface area contributed by atoms with Crippen LogP contribution in [0, 0.1) is 6.92 Å². The van der Waals surface area contributed by atoms with Gasteiger partial charge in [0.15, 0.2) is 0 Å². The van der Waals surface area contributed by atoms with Gasteiger partial charge in [-0.25, -0.2) is 4.79 Å². The van der Waals surface area contributed by atoms with Crippen molar-refractivity contribution in [3.63, 3.8) is 0 Å². The molecule has 0 spiro atoms. The second-order valence-electron chi connectivity index (χ2n) is 3.17. The first-order valence-corrected chi connectivity index (χ1v) is 4.56. The number of allylic oxidation sites excluding steroid dienone is 1. The molecule has 0 saturated carbocycles. The molecule has 0 amide bonds. The predicted octanol–water partition coefficient (Wildman–Crippen LogP) is 2.86. The Labute approximate surface area is 83.0 Å². The lowest BCUT2D eigenvalue weighted by atomic mass is 10.1. The van der Waals surface area contributed by atoms with E-state index in [2.05, 4.69) is 0 Å². The first-order chi connectivity index (χ1) is 6.56. The Kier molecular flexibility index (Phi) is 3.12. The van der Waals surface area contributed by atoms with Crippen LogP contribution in [0.15, 0.2) is 22.1 Å². The third-order valence-electron chi connectivity index (χ3n) is 2.17. The molecule has 1 aromatic heterocycles. The lowest BCUT2D eigenvalue weighted by Crippen LogP contribution is -2.01. The van der Waals surface area contributed by atoms with Crippen LogP contribution in [0.2, 0.25) is 0 Å². The maximum Gasteiger partial charge on any atom is 0.331 e. The fraction of sp³-hybridized carbons (Fsp3) is 0.364. The van der Waals surface area contributed by atoms with Crippen LogP contribution in [0.3, 0.4) is 0 Å². The van der Waals surface area contributed by atoms with Gasteiger partial charge in [0.05, 0.1) is 0 Å². The van der Waals surface area contributed by atoms with Crippen molar-refractivity contribution in [3.8, 4) is 0 Å². The zero-order chi connectivity index (χ0) is 10.7. The number of rotatable bonds is 3. The van der Waals surface area contributed by atoms with E-state index in [1.165, 1.54) is 0 Å². The quantitative estimate of drug-likeness (QED) is 0.752. The fourth-order valence-corrected chi connectivity index (χ4v) is 1.36. The number of carboxylic acid groups (broad SMARTS) is 1. The number of aliphatic carboxylic acids is 1. The molecule has 76 valence electrons. The molecule has 3 heteroatoms. The Morgan fingerprint density at radius 1 is 1.50 bits per heavy atom. The molecule has 0 unspecified atom stereocenters. The Morgan fingerprint density at radius 3 is 2.50 bits per heavy atom. The molecule has 0 aliphatic heterocycles. The van der Waals surface area contributed by atoms with E-state index in [1.807, 2.05) is 19.9 Å². The van der Waals surface area contributed by atoms with E-state index < -0.39 is 5.97 Å². The molecule has 0 saturated heterocycles. The van der Waals surface area contributed by atoms with Gasteiger partial charge < -0.3 is 9.52 Å². The summed E-state index contributed by atoms with van der Waals surface area (Å²) in [7, 11) is 0. The average Bonchev–Trinajstić information content (AvgIpc) is 2.52. The van der Waals surface area contributed by atoms with Gasteiger partial charge in [-0.05, 0) is 32.4 Å². The minimum atomic E-state index is -0.876. The van der Waals surface area contributed by atoms with Gasteiger partial charge >= 0.3 is 5.97 Å². The van der Waals surface area contributed by atoms with Crippen molar-refractivity contribution in [2.75, 3.05) is 0 Å². The van der Waals surface area contributed by atoms with Crippen molar-refractivity contribution in [2.24, 2.45) is 0 Å². The second-order valence-corrected chi connectivity index (χ2v) is 3.17. The molecule has 1 N–H and O–H groups in total. The molecular formula is C11H14O3. The van der Waals surface area contributed by atoms with Crippen LogP contribution >= 0.6 is 0 Å². The molecule has 0 aliphatic carbocycles. The predicted molar refractivity (Wildman–Crippen MR) is 54.0 cm³/mol. The molecule has 0 radical (unpaired) electrons. The van der Waals surface area contributed by atoms with Crippen LogP contribution in [0.1, 0.15) is 31.8 Å². The SMILES string of the molecule is CC/C(C(=O)O)=C(\C)c1ccc(C)o1. The standard InChI is InChI=1S/C11H14O3/c1-4-9(11(12)13)8(3)10-6-5-7(2)14-10/h5-6H,4H2,1-3H3,(H,12,13)/b9-8-. The Morgan fingerprint density at radius 2 is 2.14 bits per heavy atom. The number of aryl methyl sites for hydroxylation is 1. The van der Waals surface area contributed by atoms with E-state index in [9.17, 15) is 4.79 Å². The molecule has 0 atom stereocenters. The lowest BCUT2D eigenvalue weighted by molar-refractivity contribution is -0.132. The Hall–Kier alpha value is -1.51. The summed E-state index contributed by atoms with van der Waals surface area (Å²) in [5.41, 5.74) is 1.10. The smallest absolute Gasteiger partial charge is 0.331 e. The molecule has 1 rings (SSSR count). The van der Waals surface area contributed by atoms with Crippen LogP contribution in [0.4, 0.5) is 0 Å². The van der Waals surface area contributed by atoms with Crippen LogP contribution in [0.5, 0.6) is 0 Å². The summed E-state index contributed by atoms with van der Waals surface area (Å²) in [5, 5.41) is 8.91. The van der Waals surface area contributed by atoms with Crippen molar-refractivity contribution in [1.82, 2.24) is 0 Å². The largest absolute Gasteiger partial charge is 0.478 e. The normalized spacial score (nSPS) is 12.5. The van der Waals surface area contributed by atoms with Crippen LogP contribution in [-0.2, 0) is 4.79 Å². The highest BCUT2D eigenvalue weighted by Crippen LogP contribution is 2.22. The van der Waals surface area contributed by atoms with E-state index >= 15 is 0 Å². The highest BCUT2D eigenvalue weighted by Gasteiger charge is 2.12. The number of carbonyl (C=O) groups is 1. The average molecular weight is 194 g/mol. The lowest BCUT2D eigenvalue weighted by Gasteiger charge is -2.02. The van der Waals surface area contributed by atoms with Crippen LogP contribution in [-0.4, -0.2) is 11.1 Å². The first kappa shape index (κ1) is 10.6. The number of hydrogen-bond acceptors (Lipinski definition) is 2. The zero-order valence-electron chi connectivity index (χ0n) is 8.63. The van der Waals surface area contributed by atoms with Crippen molar-refractivity contribution >= 4 is 11.5 Å². The minimum Gasteiger partial charge on any atom is -0.478 e. The summed E-state index contributed by atoms with van der Waals surface area (Å²) in [6.07, 6.45) is 0.501. The molecule has 0 fully saturated rings. The third-order valence-corrected chi connectivity index (χ3v) is 2.17. The summed E-state index contributed by atoms with van der Waals surface area (Å²) >= 11 is 0. The van der Waals surface area contributed by atoms with Crippen LogP contribution < -0.4 is 0 Å². The Balaban J connectivity index is 3.13. The summed E-state index contributed by atoms with van der Waals surface area (Å²) in [4.78, 5) is 10.9. The first-order valence-electron chi connectivity index (χ1n) is 4.56. The molecule has 0 bridgehead atoms. The van der Waals surface area contributed by atoms with Crippen molar-refractivity contribution in [1.29, 1.82) is 0 Å². The highest BCUT2D eigenvalue weighted by molar-refractivity contribution is 5.95.